The molecule has 0 atom stereocenters. The molecule has 0 saturated heterocycles. The van der Waals surface area contributed by atoms with Gasteiger partial charge in [0.15, 0.2) is 0 Å². The summed E-state index contributed by atoms with van der Waals surface area (Å²) < 4.78 is 0. The van der Waals surface area contributed by atoms with Crippen molar-refractivity contribution in [2.45, 2.75) is 26.9 Å². The number of carbonyl (C=O) groups is 2. The Hall–Kier alpha value is -3.14. The predicted octanol–water partition coefficient (Wildman–Crippen LogP) is 0.477. The summed E-state index contributed by atoms with van der Waals surface area (Å²) in [5.74, 6) is -1.37. The zero-order valence-electron chi connectivity index (χ0n) is 14.9. The lowest BCUT2D eigenvalue weighted by Gasteiger charge is -2.14. The van der Waals surface area contributed by atoms with Gasteiger partial charge >= 0.3 is 5.97 Å². The van der Waals surface area contributed by atoms with E-state index in [0.717, 1.165) is 23.9 Å². The van der Waals surface area contributed by atoms with Crippen molar-refractivity contribution in [1.29, 1.82) is 0 Å². The lowest BCUT2D eigenvalue weighted by molar-refractivity contribution is -0.136. The number of aromatic nitrogens is 4. The molecular formula is C16H22N6O4. The highest BCUT2D eigenvalue weighted by atomic mass is 16.4. The Kier molecular flexibility index (Phi) is 8.58. The Bertz CT molecular complexity index is 702. The van der Waals surface area contributed by atoms with Crippen LogP contribution in [0.15, 0.2) is 24.8 Å². The van der Waals surface area contributed by atoms with Crippen LogP contribution in [0.2, 0.25) is 0 Å². The van der Waals surface area contributed by atoms with Crippen molar-refractivity contribution in [3.63, 3.8) is 0 Å². The Morgan fingerprint density at radius 2 is 1.65 bits per heavy atom. The molecule has 10 nitrogen and oxygen atoms in total. The zero-order chi connectivity index (χ0) is 19.5. The van der Waals surface area contributed by atoms with Gasteiger partial charge in [0, 0.05) is 57.4 Å². The predicted molar refractivity (Wildman–Crippen MR) is 93.6 cm³/mol. The molecule has 0 amide bonds. The van der Waals surface area contributed by atoms with Crippen LogP contribution in [0.1, 0.15) is 23.9 Å². The van der Waals surface area contributed by atoms with Gasteiger partial charge in [0.2, 0.25) is 5.95 Å². The number of anilines is 1. The molecular weight excluding hydrogens is 340 g/mol. The molecule has 2 aromatic heterocycles. The van der Waals surface area contributed by atoms with Crippen LogP contribution >= 0.6 is 0 Å². The maximum atomic E-state index is 10.6. The molecule has 2 heterocycles. The van der Waals surface area contributed by atoms with Gasteiger partial charge in [-0.15, -0.1) is 0 Å². The minimum atomic E-state index is -0.920. The molecule has 3 N–H and O–H groups in total. The van der Waals surface area contributed by atoms with Gasteiger partial charge in [0.05, 0.1) is 11.4 Å². The molecule has 0 aliphatic carbocycles. The van der Waals surface area contributed by atoms with E-state index < -0.39 is 11.9 Å². The molecule has 0 radical (unpaired) electrons. The van der Waals surface area contributed by atoms with E-state index >= 15 is 0 Å². The number of nitrogens with one attached hydrogen (secondary N) is 1. The molecule has 0 aromatic carbocycles. The fourth-order valence-corrected chi connectivity index (χ4v) is 1.76. The van der Waals surface area contributed by atoms with Crippen LogP contribution in [-0.2, 0) is 22.7 Å². The Morgan fingerprint density at radius 3 is 2.15 bits per heavy atom. The summed E-state index contributed by atoms with van der Waals surface area (Å²) in [7, 11) is 1.64. The van der Waals surface area contributed by atoms with E-state index in [-0.39, 0.29) is 6.54 Å². The van der Waals surface area contributed by atoms with Crippen molar-refractivity contribution >= 4 is 17.9 Å². The molecule has 0 fully saturated rings. The van der Waals surface area contributed by atoms with Gasteiger partial charge in [-0.2, -0.15) is 0 Å². The molecule has 0 spiro atoms. The second-order valence-corrected chi connectivity index (χ2v) is 5.41. The minimum absolute atomic E-state index is 0.135. The number of likely N-dealkylation sites (N-methyl/N-ethyl adjacent to an activating group) is 1. The van der Waals surface area contributed by atoms with E-state index in [1.165, 1.54) is 4.90 Å². The zero-order valence-corrected chi connectivity index (χ0v) is 14.9. The standard InChI is InChI=1S/C14H18N6O2.C2H4O2/c1-10-3-17-12(8-16-10)7-15-4-11-5-18-14(19-6-11)20(2)9-13(21)22;1-2(3)4/h3,5-6,8,15H,4,7,9H2,1-2H3,(H,21,22);1H3,(H,3,4). The van der Waals surface area contributed by atoms with Crippen LogP contribution in [0.5, 0.6) is 0 Å². The first kappa shape index (κ1) is 20.9. The maximum absolute atomic E-state index is 10.6. The quantitative estimate of drug-likeness (QED) is 0.636. The molecule has 0 aliphatic rings. The Labute approximate surface area is 151 Å². The van der Waals surface area contributed by atoms with Gasteiger partial charge in [0.1, 0.15) is 6.54 Å². The molecule has 10 heteroatoms. The number of nitrogens with zero attached hydrogens (tertiary/aromatic N) is 5. The summed E-state index contributed by atoms with van der Waals surface area (Å²) in [5.41, 5.74) is 2.66. The third-order valence-electron chi connectivity index (χ3n) is 2.88. The topological polar surface area (TPSA) is 141 Å². The number of aryl methyl sites for hydroxylation is 1. The van der Waals surface area contributed by atoms with Gasteiger partial charge in [-0.3, -0.25) is 19.6 Å². The third-order valence-corrected chi connectivity index (χ3v) is 2.88. The summed E-state index contributed by atoms with van der Waals surface area (Å²) in [6.07, 6.45) is 6.82. The smallest absolute Gasteiger partial charge is 0.323 e. The van der Waals surface area contributed by atoms with Gasteiger partial charge in [-0.25, -0.2) is 9.97 Å². The second kappa shape index (κ2) is 10.7. The highest BCUT2D eigenvalue weighted by molar-refractivity contribution is 5.72. The lowest BCUT2D eigenvalue weighted by atomic mass is 10.3. The molecule has 0 aliphatic heterocycles. The minimum Gasteiger partial charge on any atom is -0.481 e. The van der Waals surface area contributed by atoms with Crippen LogP contribution in [0, 0.1) is 6.92 Å². The largest absolute Gasteiger partial charge is 0.481 e. The van der Waals surface area contributed by atoms with Crippen molar-refractivity contribution < 1.29 is 19.8 Å². The number of hydrogen-bond donors (Lipinski definition) is 3. The van der Waals surface area contributed by atoms with E-state index in [9.17, 15) is 4.79 Å². The summed E-state index contributed by atoms with van der Waals surface area (Å²) in [6, 6.07) is 0. The monoisotopic (exact) mass is 362 g/mol. The summed E-state index contributed by atoms with van der Waals surface area (Å²) in [6.45, 7) is 4.04. The first-order valence-corrected chi connectivity index (χ1v) is 7.69. The first-order valence-electron chi connectivity index (χ1n) is 7.69. The van der Waals surface area contributed by atoms with Crippen LogP contribution in [0.4, 0.5) is 5.95 Å². The fraction of sp³-hybridized carbons (Fsp3) is 0.375. The van der Waals surface area contributed by atoms with Gasteiger partial charge < -0.3 is 20.4 Å². The summed E-state index contributed by atoms with van der Waals surface area (Å²) >= 11 is 0. The third kappa shape index (κ3) is 8.64. The van der Waals surface area contributed by atoms with Crippen molar-refractivity contribution in [1.82, 2.24) is 25.3 Å². The van der Waals surface area contributed by atoms with E-state index in [4.69, 9.17) is 15.0 Å². The highest BCUT2D eigenvalue weighted by Gasteiger charge is 2.08. The highest BCUT2D eigenvalue weighted by Crippen LogP contribution is 2.05. The Morgan fingerprint density at radius 1 is 1.04 bits per heavy atom. The van der Waals surface area contributed by atoms with Crippen LogP contribution < -0.4 is 10.2 Å². The number of carboxylic acids is 2. The van der Waals surface area contributed by atoms with E-state index in [1.807, 2.05) is 6.92 Å². The van der Waals surface area contributed by atoms with Crippen molar-refractivity contribution in [3.05, 3.63) is 41.7 Å². The summed E-state index contributed by atoms with van der Waals surface area (Å²) in [5, 5.41) is 19.4. The summed E-state index contributed by atoms with van der Waals surface area (Å²) in [4.78, 5) is 37.8. The van der Waals surface area contributed by atoms with Crippen molar-refractivity contribution in [2.24, 2.45) is 0 Å². The van der Waals surface area contributed by atoms with Crippen molar-refractivity contribution in [3.8, 4) is 0 Å². The average Bonchev–Trinajstić information content (AvgIpc) is 2.56. The molecule has 2 aromatic rings. The normalized spacial score (nSPS) is 9.81. The maximum Gasteiger partial charge on any atom is 0.323 e. The van der Waals surface area contributed by atoms with Crippen molar-refractivity contribution in [2.75, 3.05) is 18.5 Å². The molecule has 140 valence electrons. The van der Waals surface area contributed by atoms with Crippen LogP contribution in [0.25, 0.3) is 0 Å². The molecule has 0 saturated carbocycles. The molecule has 0 unspecified atom stereocenters. The molecule has 26 heavy (non-hydrogen) atoms. The van der Waals surface area contributed by atoms with Crippen LogP contribution in [0.3, 0.4) is 0 Å². The fourth-order valence-electron chi connectivity index (χ4n) is 1.76. The second-order valence-electron chi connectivity index (χ2n) is 5.41. The molecule has 2 rings (SSSR count). The molecule has 0 bridgehead atoms. The van der Waals surface area contributed by atoms with E-state index in [0.29, 0.717) is 19.0 Å². The number of rotatable bonds is 7. The number of carboxylic acid groups (broad SMARTS) is 2. The van der Waals surface area contributed by atoms with Crippen LogP contribution in [-0.4, -0.2) is 55.7 Å². The number of hydrogen-bond acceptors (Lipinski definition) is 8. The van der Waals surface area contributed by atoms with E-state index in [2.05, 4.69) is 25.3 Å². The number of aliphatic carboxylic acids is 2. The van der Waals surface area contributed by atoms with Gasteiger partial charge in [-0.1, -0.05) is 0 Å². The lowest BCUT2D eigenvalue weighted by Crippen LogP contribution is -2.26. The van der Waals surface area contributed by atoms with E-state index in [1.54, 1.807) is 31.8 Å². The van der Waals surface area contributed by atoms with Gasteiger partial charge in [0.25, 0.3) is 5.97 Å². The Balaban J connectivity index is 0.000000765. The first-order chi connectivity index (χ1) is 12.3. The van der Waals surface area contributed by atoms with Gasteiger partial charge in [-0.05, 0) is 6.92 Å². The average molecular weight is 362 g/mol. The SMILES string of the molecule is CC(=O)O.Cc1cnc(CNCc2cnc(N(C)CC(=O)O)nc2)cn1.